The molecule has 110 valence electrons. The molecule has 2 fully saturated rings. The lowest BCUT2D eigenvalue weighted by atomic mass is 9.82. The van der Waals surface area contributed by atoms with Gasteiger partial charge in [0.1, 0.15) is 0 Å². The molecule has 0 aromatic carbocycles. The number of aliphatic carboxylic acids is 1. The molecule has 2 saturated carbocycles. The van der Waals surface area contributed by atoms with E-state index >= 15 is 0 Å². The molecule has 0 heterocycles. The molecule has 0 aromatic rings. The minimum atomic E-state index is -0.817. The third-order valence-corrected chi connectivity index (χ3v) is 5.25. The Hall–Kier alpha value is -1.32. The zero-order chi connectivity index (χ0) is 14.1. The minimum absolute atomic E-state index is 0.0267. The van der Waals surface area contributed by atoms with Crippen molar-refractivity contribution in [3.8, 4) is 0 Å². The van der Waals surface area contributed by atoms with Crippen LogP contribution in [-0.2, 0) is 9.59 Å². The Bertz CT molecular complexity index is 423. The summed E-state index contributed by atoms with van der Waals surface area (Å²) in [6.45, 7) is 0. The number of carboxylic acid groups (broad SMARTS) is 1. The summed E-state index contributed by atoms with van der Waals surface area (Å²) in [7, 11) is 0. The maximum Gasteiger partial charge on any atom is 0.307 e. The van der Waals surface area contributed by atoms with Crippen molar-refractivity contribution in [2.75, 3.05) is 0 Å². The lowest BCUT2D eigenvalue weighted by molar-refractivity contribution is -0.148. The summed E-state index contributed by atoms with van der Waals surface area (Å²) in [5.41, 5.74) is 0. The highest BCUT2D eigenvalue weighted by Gasteiger charge is 2.51. The van der Waals surface area contributed by atoms with Gasteiger partial charge < -0.3 is 10.4 Å². The number of allylic oxidation sites excluding steroid dienone is 2. The van der Waals surface area contributed by atoms with Crippen molar-refractivity contribution in [1.82, 2.24) is 5.32 Å². The Kier molecular flexibility index (Phi) is 3.81. The number of carbonyl (C=O) groups excluding carboxylic acids is 1. The first-order valence-electron chi connectivity index (χ1n) is 7.88. The van der Waals surface area contributed by atoms with Crippen molar-refractivity contribution in [1.29, 1.82) is 0 Å². The minimum Gasteiger partial charge on any atom is -0.481 e. The van der Waals surface area contributed by atoms with Crippen molar-refractivity contribution in [3.63, 3.8) is 0 Å². The molecule has 0 saturated heterocycles. The number of hydrogen-bond acceptors (Lipinski definition) is 2. The van der Waals surface area contributed by atoms with Crippen molar-refractivity contribution in [2.24, 2.45) is 23.7 Å². The Morgan fingerprint density at radius 1 is 0.950 bits per heavy atom. The number of fused-ring (bicyclic) bond motifs is 2. The second-order valence-electron chi connectivity index (χ2n) is 6.54. The van der Waals surface area contributed by atoms with E-state index in [9.17, 15) is 14.7 Å². The zero-order valence-electron chi connectivity index (χ0n) is 11.8. The number of nitrogens with one attached hydrogen (secondary N) is 1. The molecule has 3 aliphatic carbocycles. The first-order valence-corrected chi connectivity index (χ1v) is 7.88. The Morgan fingerprint density at radius 2 is 1.55 bits per heavy atom. The number of carboxylic acids is 1. The van der Waals surface area contributed by atoms with Crippen LogP contribution in [0.15, 0.2) is 12.2 Å². The smallest absolute Gasteiger partial charge is 0.307 e. The molecular formula is C16H23NO3. The Morgan fingerprint density at radius 3 is 2.15 bits per heavy atom. The van der Waals surface area contributed by atoms with Gasteiger partial charge in [0.15, 0.2) is 0 Å². The van der Waals surface area contributed by atoms with Crippen LogP contribution in [0, 0.1) is 23.7 Å². The second-order valence-corrected chi connectivity index (χ2v) is 6.54. The molecule has 2 N–H and O–H groups in total. The molecule has 3 aliphatic rings. The van der Waals surface area contributed by atoms with Crippen LogP contribution in [0.25, 0.3) is 0 Å². The van der Waals surface area contributed by atoms with E-state index in [4.69, 9.17) is 0 Å². The second kappa shape index (κ2) is 5.58. The largest absolute Gasteiger partial charge is 0.481 e. The predicted octanol–water partition coefficient (Wildman–Crippen LogP) is 2.35. The Labute approximate surface area is 119 Å². The molecule has 0 radical (unpaired) electrons. The van der Waals surface area contributed by atoms with Crippen molar-refractivity contribution >= 4 is 11.9 Å². The molecule has 4 unspecified atom stereocenters. The molecule has 0 spiro atoms. The highest BCUT2D eigenvalue weighted by Crippen LogP contribution is 2.48. The van der Waals surface area contributed by atoms with Crippen molar-refractivity contribution < 1.29 is 14.7 Å². The first-order chi connectivity index (χ1) is 9.66. The van der Waals surface area contributed by atoms with E-state index in [0.29, 0.717) is 0 Å². The average Bonchev–Trinajstić information content (AvgIpc) is 2.93. The van der Waals surface area contributed by atoms with E-state index in [1.54, 1.807) is 0 Å². The quantitative estimate of drug-likeness (QED) is 0.614. The van der Waals surface area contributed by atoms with Gasteiger partial charge in [-0.05, 0) is 31.1 Å². The Balaban J connectivity index is 1.66. The van der Waals surface area contributed by atoms with Crippen LogP contribution in [0.1, 0.15) is 44.9 Å². The molecule has 4 nitrogen and oxygen atoms in total. The zero-order valence-corrected chi connectivity index (χ0v) is 11.8. The van der Waals surface area contributed by atoms with Gasteiger partial charge in [0.05, 0.1) is 11.8 Å². The van der Waals surface area contributed by atoms with Crippen LogP contribution in [-0.4, -0.2) is 23.0 Å². The molecular weight excluding hydrogens is 254 g/mol. The molecule has 0 aliphatic heterocycles. The number of carbonyl (C=O) groups is 2. The highest BCUT2D eigenvalue weighted by atomic mass is 16.4. The third-order valence-electron chi connectivity index (χ3n) is 5.25. The summed E-state index contributed by atoms with van der Waals surface area (Å²) in [6, 6.07) is 0.252. The van der Waals surface area contributed by atoms with Gasteiger partial charge in [0.25, 0.3) is 0 Å². The summed E-state index contributed by atoms with van der Waals surface area (Å²) >= 11 is 0. The maximum atomic E-state index is 12.5. The number of hydrogen-bond donors (Lipinski definition) is 2. The van der Waals surface area contributed by atoms with Gasteiger partial charge in [-0.1, -0.05) is 37.8 Å². The van der Waals surface area contributed by atoms with Crippen molar-refractivity contribution in [3.05, 3.63) is 12.2 Å². The van der Waals surface area contributed by atoms with Crippen LogP contribution < -0.4 is 5.32 Å². The molecule has 3 rings (SSSR count). The van der Waals surface area contributed by atoms with Gasteiger partial charge in [0.2, 0.25) is 5.91 Å². The van der Waals surface area contributed by atoms with Crippen LogP contribution in [0.4, 0.5) is 0 Å². The van der Waals surface area contributed by atoms with Crippen LogP contribution >= 0.6 is 0 Å². The van der Waals surface area contributed by atoms with Gasteiger partial charge in [-0.2, -0.15) is 0 Å². The topological polar surface area (TPSA) is 66.4 Å². The van der Waals surface area contributed by atoms with Crippen LogP contribution in [0.3, 0.4) is 0 Å². The predicted molar refractivity (Wildman–Crippen MR) is 75.0 cm³/mol. The average molecular weight is 277 g/mol. The van der Waals surface area contributed by atoms with Crippen molar-refractivity contribution in [2.45, 2.75) is 51.0 Å². The fourth-order valence-electron chi connectivity index (χ4n) is 4.24. The van der Waals surface area contributed by atoms with E-state index in [0.717, 1.165) is 19.3 Å². The van der Waals surface area contributed by atoms with Gasteiger partial charge >= 0.3 is 5.97 Å². The third kappa shape index (κ3) is 2.48. The van der Waals surface area contributed by atoms with Gasteiger partial charge in [-0.25, -0.2) is 0 Å². The van der Waals surface area contributed by atoms with Crippen LogP contribution in [0.5, 0.6) is 0 Å². The van der Waals surface area contributed by atoms with Gasteiger partial charge in [-0.3, -0.25) is 9.59 Å². The molecule has 20 heavy (non-hydrogen) atoms. The van der Waals surface area contributed by atoms with E-state index in [-0.39, 0.29) is 29.7 Å². The lowest BCUT2D eigenvalue weighted by Gasteiger charge is -2.26. The molecule has 2 bridgehead atoms. The standard InChI is InChI=1S/C16H23NO3/c18-15(17-12-5-3-1-2-4-6-12)13-10-7-8-11(9-10)14(13)16(19)20/h7-8,10-14H,1-6,9H2,(H,17,18)(H,19,20). The monoisotopic (exact) mass is 277 g/mol. The SMILES string of the molecule is O=C(O)C1C2C=CC(C2)C1C(=O)NC1CCCCCC1. The fraction of sp³-hybridized carbons (Fsp3) is 0.750. The van der Waals surface area contributed by atoms with E-state index < -0.39 is 11.9 Å². The molecule has 4 atom stereocenters. The summed E-state index contributed by atoms with van der Waals surface area (Å²) < 4.78 is 0. The number of amides is 1. The first kappa shape index (κ1) is 13.7. The molecule has 0 aromatic heterocycles. The van der Waals surface area contributed by atoms with E-state index in [1.807, 2.05) is 12.2 Å². The molecule has 4 heteroatoms. The summed E-state index contributed by atoms with van der Waals surface area (Å²) in [4.78, 5) is 24.0. The van der Waals surface area contributed by atoms with Gasteiger partial charge in [0, 0.05) is 6.04 Å². The lowest BCUT2D eigenvalue weighted by Crippen LogP contribution is -2.44. The fourth-order valence-corrected chi connectivity index (χ4v) is 4.24. The summed E-state index contributed by atoms with van der Waals surface area (Å²) in [5.74, 6) is -1.53. The normalized spacial score (nSPS) is 36.8. The highest BCUT2D eigenvalue weighted by molar-refractivity contribution is 5.87. The summed E-state index contributed by atoms with van der Waals surface area (Å²) in [6.07, 6.45) is 11.8. The van der Waals surface area contributed by atoms with Crippen LogP contribution in [0.2, 0.25) is 0 Å². The summed E-state index contributed by atoms with van der Waals surface area (Å²) in [5, 5.41) is 12.5. The van der Waals surface area contributed by atoms with Gasteiger partial charge in [-0.15, -0.1) is 0 Å². The number of rotatable bonds is 3. The molecule has 1 amide bonds. The maximum absolute atomic E-state index is 12.5. The van der Waals surface area contributed by atoms with E-state index in [1.165, 1.54) is 25.7 Å². The van der Waals surface area contributed by atoms with E-state index in [2.05, 4.69) is 5.32 Å².